The maximum absolute atomic E-state index is 11.8. The van der Waals surface area contributed by atoms with Crippen molar-refractivity contribution in [3.63, 3.8) is 0 Å². The highest BCUT2D eigenvalue weighted by atomic mass is 16.5. The van der Waals surface area contributed by atoms with Crippen molar-refractivity contribution in [1.82, 2.24) is 4.98 Å². The van der Waals surface area contributed by atoms with Crippen molar-refractivity contribution < 1.29 is 14.3 Å². The van der Waals surface area contributed by atoms with E-state index in [1.165, 1.54) is 12.3 Å². The lowest BCUT2D eigenvalue weighted by atomic mass is 10.1. The van der Waals surface area contributed by atoms with Gasteiger partial charge in [-0.2, -0.15) is 0 Å². The average molecular weight is 233 g/mol. The predicted molar refractivity (Wildman–Crippen MR) is 61.9 cm³/mol. The molecule has 90 valence electrons. The van der Waals surface area contributed by atoms with Gasteiger partial charge in [-0.1, -0.05) is 0 Å². The summed E-state index contributed by atoms with van der Waals surface area (Å²) in [6.45, 7) is 2.07. The minimum atomic E-state index is -0.407. The molecule has 0 aliphatic heterocycles. The third-order valence-electron chi connectivity index (χ3n) is 2.73. The molecule has 0 unspecified atom stereocenters. The number of carbonyl (C=O) groups excluding carboxylic acids is 2. The van der Waals surface area contributed by atoms with E-state index in [0.29, 0.717) is 30.2 Å². The van der Waals surface area contributed by atoms with E-state index in [9.17, 15) is 9.59 Å². The third kappa shape index (κ3) is 3.12. The van der Waals surface area contributed by atoms with Crippen LogP contribution in [0.1, 0.15) is 47.0 Å². The summed E-state index contributed by atoms with van der Waals surface area (Å²) in [6, 6.07) is 3.08. The molecule has 1 heterocycles. The van der Waals surface area contributed by atoms with E-state index in [1.54, 1.807) is 13.0 Å². The summed E-state index contributed by atoms with van der Waals surface area (Å²) in [5, 5.41) is 0. The minimum absolute atomic E-state index is 0.0126. The lowest BCUT2D eigenvalue weighted by Gasteiger charge is -2.03. The second kappa shape index (κ2) is 5.08. The number of rotatable bonds is 5. The van der Waals surface area contributed by atoms with Crippen molar-refractivity contribution in [2.24, 2.45) is 5.92 Å². The second-order valence-electron chi connectivity index (χ2n) is 4.22. The highest BCUT2D eigenvalue weighted by Crippen LogP contribution is 2.33. The van der Waals surface area contributed by atoms with E-state index in [2.05, 4.69) is 4.98 Å². The standard InChI is InChI=1S/C13H15NO3/c1-2-17-13(16)10-5-6-14-11(8-10)12(15)7-9-3-4-9/h5-6,8-9H,2-4,7H2,1H3. The molecule has 4 heteroatoms. The number of ketones is 1. The smallest absolute Gasteiger partial charge is 0.338 e. The van der Waals surface area contributed by atoms with Crippen molar-refractivity contribution >= 4 is 11.8 Å². The van der Waals surface area contributed by atoms with Crippen LogP contribution < -0.4 is 0 Å². The SMILES string of the molecule is CCOC(=O)c1ccnc(C(=O)CC2CC2)c1. The van der Waals surface area contributed by atoms with E-state index in [4.69, 9.17) is 4.74 Å². The summed E-state index contributed by atoms with van der Waals surface area (Å²) in [5.74, 6) is 0.129. The maximum Gasteiger partial charge on any atom is 0.338 e. The molecule has 0 bridgehead atoms. The quantitative estimate of drug-likeness (QED) is 0.578. The maximum atomic E-state index is 11.8. The van der Waals surface area contributed by atoms with Crippen molar-refractivity contribution in [2.75, 3.05) is 6.61 Å². The van der Waals surface area contributed by atoms with Crippen LogP contribution in [0.3, 0.4) is 0 Å². The fourth-order valence-electron chi connectivity index (χ4n) is 1.61. The van der Waals surface area contributed by atoms with Gasteiger partial charge in [0.05, 0.1) is 12.2 Å². The molecule has 1 aliphatic rings. The summed E-state index contributed by atoms with van der Waals surface area (Å²) in [7, 11) is 0. The van der Waals surface area contributed by atoms with E-state index in [-0.39, 0.29) is 5.78 Å². The Balaban J connectivity index is 2.09. The van der Waals surface area contributed by atoms with E-state index < -0.39 is 5.97 Å². The van der Waals surface area contributed by atoms with Gasteiger partial charge in [-0.25, -0.2) is 4.79 Å². The zero-order valence-corrected chi connectivity index (χ0v) is 9.81. The molecular formula is C13H15NO3. The number of hydrogen-bond donors (Lipinski definition) is 0. The predicted octanol–water partition coefficient (Wildman–Crippen LogP) is 2.24. The van der Waals surface area contributed by atoms with Crippen LogP contribution in [0.2, 0.25) is 0 Å². The molecule has 1 aromatic heterocycles. The van der Waals surface area contributed by atoms with Crippen LogP contribution in [-0.2, 0) is 4.74 Å². The van der Waals surface area contributed by atoms with Gasteiger partial charge in [0.15, 0.2) is 5.78 Å². The van der Waals surface area contributed by atoms with Crippen molar-refractivity contribution in [3.8, 4) is 0 Å². The Morgan fingerprint density at radius 2 is 2.24 bits per heavy atom. The highest BCUT2D eigenvalue weighted by Gasteiger charge is 2.25. The number of esters is 1. The first kappa shape index (κ1) is 11.8. The van der Waals surface area contributed by atoms with Gasteiger partial charge in [0, 0.05) is 12.6 Å². The third-order valence-corrected chi connectivity index (χ3v) is 2.73. The first-order chi connectivity index (χ1) is 8.20. The van der Waals surface area contributed by atoms with E-state index in [0.717, 1.165) is 12.8 Å². The van der Waals surface area contributed by atoms with Gasteiger partial charge in [-0.05, 0) is 37.8 Å². The van der Waals surface area contributed by atoms with Crippen molar-refractivity contribution in [3.05, 3.63) is 29.6 Å². The van der Waals surface area contributed by atoms with Crippen LogP contribution in [-0.4, -0.2) is 23.3 Å². The van der Waals surface area contributed by atoms with Gasteiger partial charge in [0.2, 0.25) is 0 Å². The van der Waals surface area contributed by atoms with Crippen LogP contribution in [0.5, 0.6) is 0 Å². The Labute approximate surface area is 100 Å². The van der Waals surface area contributed by atoms with E-state index >= 15 is 0 Å². The second-order valence-corrected chi connectivity index (χ2v) is 4.22. The molecular weight excluding hydrogens is 218 g/mol. The van der Waals surface area contributed by atoms with Gasteiger partial charge in [-0.15, -0.1) is 0 Å². The normalized spacial score (nSPS) is 14.4. The molecule has 0 amide bonds. The summed E-state index contributed by atoms with van der Waals surface area (Å²) in [5.41, 5.74) is 0.753. The zero-order chi connectivity index (χ0) is 12.3. The Bertz CT molecular complexity index is 438. The summed E-state index contributed by atoms with van der Waals surface area (Å²) >= 11 is 0. The first-order valence-electron chi connectivity index (χ1n) is 5.87. The molecule has 2 rings (SSSR count). The highest BCUT2D eigenvalue weighted by molar-refractivity contribution is 5.97. The lowest BCUT2D eigenvalue weighted by Crippen LogP contribution is -2.08. The zero-order valence-electron chi connectivity index (χ0n) is 9.81. The van der Waals surface area contributed by atoms with Crippen LogP contribution >= 0.6 is 0 Å². The molecule has 1 saturated carbocycles. The number of hydrogen-bond acceptors (Lipinski definition) is 4. The average Bonchev–Trinajstić information content (AvgIpc) is 3.13. The van der Waals surface area contributed by atoms with Gasteiger partial charge >= 0.3 is 5.97 Å². The molecule has 1 fully saturated rings. The number of Topliss-reactive ketones (excluding diaryl/α,β-unsaturated/α-hetero) is 1. The van der Waals surface area contributed by atoms with E-state index in [1.807, 2.05) is 0 Å². The van der Waals surface area contributed by atoms with Crippen molar-refractivity contribution in [1.29, 1.82) is 0 Å². The van der Waals surface area contributed by atoms with Crippen molar-refractivity contribution in [2.45, 2.75) is 26.2 Å². The largest absolute Gasteiger partial charge is 0.462 e. The first-order valence-corrected chi connectivity index (χ1v) is 5.87. The molecule has 0 aromatic carbocycles. The molecule has 17 heavy (non-hydrogen) atoms. The number of ether oxygens (including phenoxy) is 1. The molecule has 4 nitrogen and oxygen atoms in total. The molecule has 0 radical (unpaired) electrons. The lowest BCUT2D eigenvalue weighted by molar-refractivity contribution is 0.0526. The minimum Gasteiger partial charge on any atom is -0.462 e. The molecule has 1 aliphatic carbocycles. The fraction of sp³-hybridized carbons (Fsp3) is 0.462. The number of aromatic nitrogens is 1. The Hall–Kier alpha value is -1.71. The van der Waals surface area contributed by atoms with Gasteiger partial charge in [-0.3, -0.25) is 9.78 Å². The van der Waals surface area contributed by atoms with Crippen LogP contribution in [0.4, 0.5) is 0 Å². The summed E-state index contributed by atoms with van der Waals surface area (Å²) in [6.07, 6.45) is 4.28. The Morgan fingerprint density at radius 1 is 1.47 bits per heavy atom. The molecule has 0 saturated heterocycles. The van der Waals surface area contributed by atoms with Crippen LogP contribution in [0.15, 0.2) is 18.3 Å². The van der Waals surface area contributed by atoms with Crippen LogP contribution in [0, 0.1) is 5.92 Å². The van der Waals surface area contributed by atoms with Crippen LogP contribution in [0.25, 0.3) is 0 Å². The molecule has 0 spiro atoms. The topological polar surface area (TPSA) is 56.3 Å². The van der Waals surface area contributed by atoms with Gasteiger partial charge in [0.1, 0.15) is 5.69 Å². The van der Waals surface area contributed by atoms with Gasteiger partial charge in [0.25, 0.3) is 0 Å². The molecule has 0 N–H and O–H groups in total. The number of nitrogens with zero attached hydrogens (tertiary/aromatic N) is 1. The summed E-state index contributed by atoms with van der Waals surface area (Å²) < 4.78 is 4.88. The number of carbonyl (C=O) groups is 2. The molecule has 0 atom stereocenters. The monoisotopic (exact) mass is 233 g/mol. The fourth-order valence-corrected chi connectivity index (χ4v) is 1.61. The Kier molecular flexibility index (Phi) is 3.52. The van der Waals surface area contributed by atoms with Gasteiger partial charge < -0.3 is 4.74 Å². The number of pyridine rings is 1. The Morgan fingerprint density at radius 3 is 2.88 bits per heavy atom. The summed E-state index contributed by atoms with van der Waals surface area (Å²) in [4.78, 5) is 27.3. The molecule has 1 aromatic rings.